The van der Waals surface area contributed by atoms with Gasteiger partial charge in [-0.2, -0.15) is 0 Å². The molecule has 0 aliphatic carbocycles. The second-order valence-electron chi connectivity index (χ2n) is 21.0. The summed E-state index contributed by atoms with van der Waals surface area (Å²) in [6.45, 7) is 4.90. The summed E-state index contributed by atoms with van der Waals surface area (Å²) >= 11 is 0. The van der Waals surface area contributed by atoms with Crippen molar-refractivity contribution in [2.75, 3.05) is 13.2 Å². The van der Waals surface area contributed by atoms with Crippen LogP contribution in [0.25, 0.3) is 0 Å². The monoisotopic (exact) mass is 970 g/mol. The molecule has 0 rings (SSSR count). The standard InChI is InChI=1S/C63H119NO5/c1-3-5-7-9-11-13-15-17-19-21-22-23-24-25-26-27-28-31-35-39-43-47-51-55-61(66)60(59-65)64-62(67)56-52-48-44-40-36-32-30-34-38-42-46-50-54-58-69-63(68)57-53-49-45-41-37-33-29-20-18-16-14-12-10-8-6-4-2/h14,16,20,29,32,36,60-61,65-66H,3-13,15,17-19,21-28,30-31,33-35,37-59H2,1-2H3,(H,64,67)/b16-14-,29-20-,36-32-. The molecule has 0 aromatic carbocycles. The smallest absolute Gasteiger partial charge is 0.305 e. The highest BCUT2D eigenvalue weighted by Gasteiger charge is 2.20. The van der Waals surface area contributed by atoms with Crippen LogP contribution in [0.3, 0.4) is 0 Å². The normalized spacial score (nSPS) is 12.8. The van der Waals surface area contributed by atoms with Crippen LogP contribution < -0.4 is 5.32 Å². The Balaban J connectivity index is 3.49. The lowest BCUT2D eigenvalue weighted by molar-refractivity contribution is -0.143. The lowest BCUT2D eigenvalue weighted by Gasteiger charge is -2.22. The van der Waals surface area contributed by atoms with Crippen LogP contribution in [0, 0.1) is 0 Å². The SMILES string of the molecule is CCCCCC/C=C\C/C=C\CCCCCCCC(=O)OCCCCCCCC/C=C\CCCCCC(=O)NC(CO)C(O)CCCCCCCCCCCCCCCCCCCCCCCCC. The first kappa shape index (κ1) is 67.1. The van der Waals surface area contributed by atoms with Gasteiger partial charge in [-0.1, -0.05) is 269 Å². The zero-order valence-electron chi connectivity index (χ0n) is 46.3. The molecule has 1 amide bonds. The van der Waals surface area contributed by atoms with Gasteiger partial charge in [0.25, 0.3) is 0 Å². The number of nitrogens with one attached hydrogen (secondary N) is 1. The van der Waals surface area contributed by atoms with Gasteiger partial charge in [0.05, 0.1) is 25.4 Å². The molecule has 2 atom stereocenters. The van der Waals surface area contributed by atoms with Gasteiger partial charge in [0, 0.05) is 12.8 Å². The molecule has 3 N–H and O–H groups in total. The van der Waals surface area contributed by atoms with Crippen molar-refractivity contribution in [3.05, 3.63) is 36.5 Å². The highest BCUT2D eigenvalue weighted by Crippen LogP contribution is 2.17. The summed E-state index contributed by atoms with van der Waals surface area (Å²) in [7, 11) is 0. The average Bonchev–Trinajstić information content (AvgIpc) is 3.35. The Morgan fingerprint density at radius 1 is 0.406 bits per heavy atom. The van der Waals surface area contributed by atoms with Crippen molar-refractivity contribution in [3.8, 4) is 0 Å². The third-order valence-electron chi connectivity index (χ3n) is 14.2. The van der Waals surface area contributed by atoms with Gasteiger partial charge < -0.3 is 20.3 Å². The maximum atomic E-state index is 12.5. The number of esters is 1. The Hall–Kier alpha value is -1.92. The zero-order valence-corrected chi connectivity index (χ0v) is 46.3. The van der Waals surface area contributed by atoms with E-state index in [4.69, 9.17) is 4.74 Å². The molecule has 0 bridgehead atoms. The summed E-state index contributed by atoms with van der Waals surface area (Å²) in [4.78, 5) is 24.6. The second kappa shape index (κ2) is 58.6. The van der Waals surface area contributed by atoms with Crippen LogP contribution in [-0.2, 0) is 14.3 Å². The van der Waals surface area contributed by atoms with E-state index in [1.807, 2.05) is 0 Å². The lowest BCUT2D eigenvalue weighted by Crippen LogP contribution is -2.45. The van der Waals surface area contributed by atoms with Crippen LogP contribution in [0.4, 0.5) is 0 Å². The Kier molecular flexibility index (Phi) is 57.0. The number of hydrogen-bond acceptors (Lipinski definition) is 5. The number of aliphatic hydroxyl groups excluding tert-OH is 2. The molecule has 0 saturated carbocycles. The van der Waals surface area contributed by atoms with Crippen molar-refractivity contribution >= 4 is 11.9 Å². The van der Waals surface area contributed by atoms with Gasteiger partial charge in [-0.15, -0.1) is 0 Å². The highest BCUT2D eigenvalue weighted by molar-refractivity contribution is 5.76. The molecule has 0 heterocycles. The summed E-state index contributed by atoms with van der Waals surface area (Å²) in [6.07, 6.45) is 72.9. The first-order chi connectivity index (χ1) is 34.0. The fraction of sp³-hybridized carbons (Fsp3) is 0.873. The van der Waals surface area contributed by atoms with Crippen molar-refractivity contribution in [2.45, 2.75) is 341 Å². The number of amides is 1. The average molecular weight is 971 g/mol. The molecular weight excluding hydrogens is 851 g/mol. The topological polar surface area (TPSA) is 95.9 Å². The Morgan fingerprint density at radius 2 is 0.725 bits per heavy atom. The number of allylic oxidation sites excluding steroid dienone is 6. The molecule has 0 fully saturated rings. The molecule has 69 heavy (non-hydrogen) atoms. The Bertz CT molecular complexity index is 1120. The molecule has 0 saturated heterocycles. The van der Waals surface area contributed by atoms with E-state index in [1.165, 1.54) is 212 Å². The Labute approximate surface area is 430 Å². The van der Waals surface area contributed by atoms with Crippen molar-refractivity contribution in [1.29, 1.82) is 0 Å². The molecule has 0 spiro atoms. The third kappa shape index (κ3) is 55.2. The molecule has 0 aliphatic heterocycles. The van der Waals surface area contributed by atoms with Crippen LogP contribution in [0.2, 0.25) is 0 Å². The number of carbonyl (C=O) groups excluding carboxylic acids is 2. The van der Waals surface area contributed by atoms with Gasteiger partial charge in [-0.05, 0) is 83.5 Å². The van der Waals surface area contributed by atoms with E-state index < -0.39 is 12.1 Å². The van der Waals surface area contributed by atoms with E-state index in [0.29, 0.717) is 25.9 Å². The number of rotatable bonds is 57. The largest absolute Gasteiger partial charge is 0.466 e. The molecule has 0 aromatic heterocycles. The van der Waals surface area contributed by atoms with Gasteiger partial charge in [0.15, 0.2) is 0 Å². The molecule has 0 radical (unpaired) electrons. The summed E-state index contributed by atoms with van der Waals surface area (Å²) in [5, 5.41) is 23.3. The summed E-state index contributed by atoms with van der Waals surface area (Å²) < 4.78 is 5.46. The Morgan fingerprint density at radius 3 is 1.14 bits per heavy atom. The molecule has 2 unspecified atom stereocenters. The van der Waals surface area contributed by atoms with Crippen molar-refractivity contribution < 1.29 is 24.5 Å². The van der Waals surface area contributed by atoms with Crippen LogP contribution in [0.15, 0.2) is 36.5 Å². The van der Waals surface area contributed by atoms with Crippen molar-refractivity contribution in [3.63, 3.8) is 0 Å². The fourth-order valence-electron chi connectivity index (χ4n) is 9.43. The van der Waals surface area contributed by atoms with Gasteiger partial charge in [0.2, 0.25) is 5.91 Å². The highest BCUT2D eigenvalue weighted by atomic mass is 16.5. The van der Waals surface area contributed by atoms with Gasteiger partial charge in [-0.3, -0.25) is 9.59 Å². The molecule has 0 aliphatic rings. The first-order valence-corrected chi connectivity index (χ1v) is 30.7. The van der Waals surface area contributed by atoms with E-state index in [1.54, 1.807) is 0 Å². The summed E-state index contributed by atoms with van der Waals surface area (Å²) in [5.41, 5.74) is 0. The summed E-state index contributed by atoms with van der Waals surface area (Å²) in [6, 6.07) is -0.564. The van der Waals surface area contributed by atoms with Crippen LogP contribution in [-0.4, -0.2) is 47.4 Å². The number of unbranched alkanes of at least 4 members (excludes halogenated alkanes) is 40. The number of aliphatic hydroxyl groups is 2. The van der Waals surface area contributed by atoms with Gasteiger partial charge in [-0.25, -0.2) is 0 Å². The van der Waals surface area contributed by atoms with Crippen molar-refractivity contribution in [2.24, 2.45) is 0 Å². The molecule has 6 heteroatoms. The van der Waals surface area contributed by atoms with Crippen LogP contribution in [0.1, 0.15) is 328 Å². The zero-order chi connectivity index (χ0) is 50.0. The summed E-state index contributed by atoms with van der Waals surface area (Å²) in [5.74, 6) is -0.0884. The predicted octanol–water partition coefficient (Wildman–Crippen LogP) is 19.2. The molecule has 0 aromatic rings. The maximum Gasteiger partial charge on any atom is 0.305 e. The van der Waals surface area contributed by atoms with E-state index in [-0.39, 0.29) is 18.5 Å². The first-order valence-electron chi connectivity index (χ1n) is 30.7. The fourth-order valence-corrected chi connectivity index (χ4v) is 9.43. The minimum atomic E-state index is -0.684. The minimum Gasteiger partial charge on any atom is -0.466 e. The molecular formula is C63H119NO5. The number of carbonyl (C=O) groups is 2. The van der Waals surface area contributed by atoms with E-state index in [0.717, 1.165) is 83.5 Å². The second-order valence-corrected chi connectivity index (χ2v) is 21.0. The van der Waals surface area contributed by atoms with E-state index in [2.05, 4.69) is 55.6 Å². The van der Waals surface area contributed by atoms with E-state index in [9.17, 15) is 19.8 Å². The minimum absolute atomic E-state index is 0.0254. The molecule has 6 nitrogen and oxygen atoms in total. The number of hydrogen-bond donors (Lipinski definition) is 3. The maximum absolute atomic E-state index is 12.5. The molecule has 406 valence electrons. The van der Waals surface area contributed by atoms with Crippen LogP contribution in [0.5, 0.6) is 0 Å². The predicted molar refractivity (Wildman–Crippen MR) is 301 cm³/mol. The quantitative estimate of drug-likeness (QED) is 0.0321. The number of ether oxygens (including phenoxy) is 1. The lowest BCUT2D eigenvalue weighted by atomic mass is 10.0. The van der Waals surface area contributed by atoms with Gasteiger partial charge >= 0.3 is 5.97 Å². The third-order valence-corrected chi connectivity index (χ3v) is 14.2. The van der Waals surface area contributed by atoms with Gasteiger partial charge in [0.1, 0.15) is 0 Å². The van der Waals surface area contributed by atoms with E-state index >= 15 is 0 Å². The van der Waals surface area contributed by atoms with Crippen LogP contribution >= 0.6 is 0 Å². The van der Waals surface area contributed by atoms with Crippen molar-refractivity contribution in [1.82, 2.24) is 5.32 Å².